The Balaban J connectivity index is 2.27. The molecule has 2 rings (SSSR count). The molecule has 1 heterocycles. The largest absolute Gasteiger partial charge is 0.409 e. The van der Waals surface area contributed by atoms with Crippen molar-refractivity contribution in [3.8, 4) is 0 Å². The maximum Gasteiger partial charge on any atom is 0.238 e. The number of nitrogens with two attached hydrogens (primary N) is 1. The van der Waals surface area contributed by atoms with Gasteiger partial charge in [0.1, 0.15) is 5.92 Å². The second-order valence-electron chi connectivity index (χ2n) is 5.74. The van der Waals surface area contributed by atoms with E-state index in [9.17, 15) is 4.79 Å². The standard InChI is InChI=1S/C15H21N3O3/c1-15(2)10-18(8-9-21-15)14(19)12(13(16)17-20)11-6-4-3-5-7-11/h3-7,12,20H,8-10H2,1-2H3,(H2,16,17). The van der Waals surface area contributed by atoms with Crippen molar-refractivity contribution in [2.75, 3.05) is 19.7 Å². The lowest BCUT2D eigenvalue weighted by atomic mass is 9.95. The van der Waals surface area contributed by atoms with Gasteiger partial charge in [-0.3, -0.25) is 4.79 Å². The number of amides is 1. The van der Waals surface area contributed by atoms with Crippen LogP contribution in [-0.4, -0.2) is 47.1 Å². The summed E-state index contributed by atoms with van der Waals surface area (Å²) in [5.41, 5.74) is 6.07. The van der Waals surface area contributed by atoms with Crippen molar-refractivity contribution in [2.24, 2.45) is 10.9 Å². The average Bonchev–Trinajstić information content (AvgIpc) is 2.47. The summed E-state index contributed by atoms with van der Waals surface area (Å²) in [4.78, 5) is 14.5. The predicted octanol–water partition coefficient (Wildman–Crippen LogP) is 1.15. The van der Waals surface area contributed by atoms with Crippen LogP contribution in [0.15, 0.2) is 35.5 Å². The van der Waals surface area contributed by atoms with Crippen LogP contribution in [-0.2, 0) is 9.53 Å². The van der Waals surface area contributed by atoms with Crippen molar-refractivity contribution in [1.29, 1.82) is 0 Å². The molecular formula is C15H21N3O3. The number of rotatable bonds is 3. The smallest absolute Gasteiger partial charge is 0.238 e. The molecule has 6 nitrogen and oxygen atoms in total. The van der Waals surface area contributed by atoms with Crippen LogP contribution in [0.4, 0.5) is 0 Å². The molecule has 114 valence electrons. The van der Waals surface area contributed by atoms with Gasteiger partial charge in [0.2, 0.25) is 5.91 Å². The second-order valence-corrected chi connectivity index (χ2v) is 5.74. The molecule has 1 amide bonds. The molecule has 21 heavy (non-hydrogen) atoms. The fourth-order valence-electron chi connectivity index (χ4n) is 2.53. The summed E-state index contributed by atoms with van der Waals surface area (Å²) in [5.74, 6) is -1.05. The summed E-state index contributed by atoms with van der Waals surface area (Å²) in [6.45, 7) is 5.34. The first-order chi connectivity index (χ1) is 9.94. The van der Waals surface area contributed by atoms with Crippen LogP contribution in [0.1, 0.15) is 25.3 Å². The number of benzene rings is 1. The van der Waals surface area contributed by atoms with Gasteiger partial charge in [0, 0.05) is 13.1 Å². The Labute approximate surface area is 124 Å². The van der Waals surface area contributed by atoms with Crippen molar-refractivity contribution in [1.82, 2.24) is 4.90 Å². The molecule has 1 aliphatic rings. The SMILES string of the molecule is CC1(C)CN(C(=O)C(C(N)=NO)c2ccccc2)CCO1. The van der Waals surface area contributed by atoms with Crippen LogP contribution < -0.4 is 5.73 Å². The molecular weight excluding hydrogens is 270 g/mol. The minimum absolute atomic E-state index is 0.101. The highest BCUT2D eigenvalue weighted by Gasteiger charge is 2.35. The zero-order chi connectivity index (χ0) is 15.5. The Morgan fingerprint density at radius 3 is 2.67 bits per heavy atom. The molecule has 6 heteroatoms. The third kappa shape index (κ3) is 3.52. The van der Waals surface area contributed by atoms with E-state index in [-0.39, 0.29) is 17.3 Å². The van der Waals surface area contributed by atoms with Crippen LogP contribution in [0.25, 0.3) is 0 Å². The number of oxime groups is 1. The van der Waals surface area contributed by atoms with E-state index in [0.717, 1.165) is 0 Å². The average molecular weight is 291 g/mol. The van der Waals surface area contributed by atoms with Crippen LogP contribution >= 0.6 is 0 Å². The number of hydrogen-bond donors (Lipinski definition) is 2. The molecule has 1 aromatic carbocycles. The Hall–Kier alpha value is -2.08. The molecule has 0 saturated carbocycles. The third-order valence-electron chi connectivity index (χ3n) is 3.53. The lowest BCUT2D eigenvalue weighted by Crippen LogP contribution is -2.53. The van der Waals surface area contributed by atoms with E-state index in [1.54, 1.807) is 17.0 Å². The molecule has 3 N–H and O–H groups in total. The molecule has 1 atom stereocenters. The van der Waals surface area contributed by atoms with Crippen molar-refractivity contribution in [3.63, 3.8) is 0 Å². The molecule has 1 unspecified atom stereocenters. The quantitative estimate of drug-likeness (QED) is 0.378. The van der Waals surface area contributed by atoms with Gasteiger partial charge in [-0.1, -0.05) is 35.5 Å². The molecule has 0 aromatic heterocycles. The predicted molar refractivity (Wildman–Crippen MR) is 79.2 cm³/mol. The van der Waals surface area contributed by atoms with E-state index in [2.05, 4.69) is 5.16 Å². The first-order valence-electron chi connectivity index (χ1n) is 6.90. The topological polar surface area (TPSA) is 88.2 Å². The van der Waals surface area contributed by atoms with Gasteiger partial charge >= 0.3 is 0 Å². The van der Waals surface area contributed by atoms with Gasteiger partial charge in [0.15, 0.2) is 5.84 Å². The summed E-state index contributed by atoms with van der Waals surface area (Å²) in [7, 11) is 0. The van der Waals surface area contributed by atoms with Gasteiger partial charge in [0.05, 0.1) is 12.2 Å². The van der Waals surface area contributed by atoms with E-state index in [4.69, 9.17) is 15.7 Å². The summed E-state index contributed by atoms with van der Waals surface area (Å²) < 4.78 is 5.61. The second kappa shape index (κ2) is 6.13. The molecule has 0 radical (unpaired) electrons. The Morgan fingerprint density at radius 2 is 2.10 bits per heavy atom. The van der Waals surface area contributed by atoms with Gasteiger partial charge < -0.3 is 20.6 Å². The monoisotopic (exact) mass is 291 g/mol. The van der Waals surface area contributed by atoms with Crippen LogP contribution in [0.2, 0.25) is 0 Å². The number of carbonyl (C=O) groups is 1. The molecule has 1 aromatic rings. The Morgan fingerprint density at radius 1 is 1.43 bits per heavy atom. The van der Waals surface area contributed by atoms with E-state index in [1.165, 1.54) is 0 Å². The van der Waals surface area contributed by atoms with E-state index in [1.807, 2.05) is 32.0 Å². The van der Waals surface area contributed by atoms with Gasteiger partial charge in [-0.05, 0) is 19.4 Å². The zero-order valence-electron chi connectivity index (χ0n) is 12.3. The van der Waals surface area contributed by atoms with Crippen molar-refractivity contribution < 1.29 is 14.7 Å². The minimum atomic E-state index is -0.773. The maximum absolute atomic E-state index is 12.8. The minimum Gasteiger partial charge on any atom is -0.409 e. The zero-order valence-corrected chi connectivity index (χ0v) is 12.3. The van der Waals surface area contributed by atoms with Crippen LogP contribution in [0, 0.1) is 0 Å². The first-order valence-corrected chi connectivity index (χ1v) is 6.90. The molecule has 1 fully saturated rings. The van der Waals surface area contributed by atoms with Gasteiger partial charge in [-0.15, -0.1) is 0 Å². The number of amidine groups is 1. The normalized spacial score (nSPS) is 20.1. The molecule has 0 aliphatic carbocycles. The number of hydrogen-bond acceptors (Lipinski definition) is 4. The number of morpholine rings is 1. The lowest BCUT2D eigenvalue weighted by molar-refractivity contribution is -0.146. The number of carbonyl (C=O) groups excluding carboxylic acids is 1. The molecule has 1 saturated heterocycles. The third-order valence-corrected chi connectivity index (χ3v) is 3.53. The molecule has 0 spiro atoms. The highest BCUT2D eigenvalue weighted by Crippen LogP contribution is 2.23. The van der Waals surface area contributed by atoms with E-state index >= 15 is 0 Å². The van der Waals surface area contributed by atoms with E-state index in [0.29, 0.717) is 25.3 Å². The van der Waals surface area contributed by atoms with Gasteiger partial charge in [0.25, 0.3) is 0 Å². The Kier molecular flexibility index (Phi) is 4.47. The van der Waals surface area contributed by atoms with Crippen molar-refractivity contribution >= 4 is 11.7 Å². The summed E-state index contributed by atoms with van der Waals surface area (Å²) >= 11 is 0. The van der Waals surface area contributed by atoms with Crippen molar-refractivity contribution in [3.05, 3.63) is 35.9 Å². The summed E-state index contributed by atoms with van der Waals surface area (Å²) in [6, 6.07) is 9.10. The fraction of sp³-hybridized carbons (Fsp3) is 0.467. The van der Waals surface area contributed by atoms with Crippen molar-refractivity contribution in [2.45, 2.75) is 25.4 Å². The van der Waals surface area contributed by atoms with Crippen LogP contribution in [0.5, 0.6) is 0 Å². The first kappa shape index (κ1) is 15.3. The highest BCUT2D eigenvalue weighted by atomic mass is 16.5. The summed E-state index contributed by atoms with van der Waals surface area (Å²) in [6.07, 6.45) is 0. The summed E-state index contributed by atoms with van der Waals surface area (Å²) in [5, 5.41) is 12.0. The lowest BCUT2D eigenvalue weighted by Gasteiger charge is -2.39. The number of nitrogens with zero attached hydrogens (tertiary/aromatic N) is 2. The van der Waals surface area contributed by atoms with Crippen LogP contribution in [0.3, 0.4) is 0 Å². The molecule has 1 aliphatic heterocycles. The maximum atomic E-state index is 12.8. The molecule has 0 bridgehead atoms. The van der Waals surface area contributed by atoms with Gasteiger partial charge in [-0.25, -0.2) is 0 Å². The van der Waals surface area contributed by atoms with Gasteiger partial charge in [-0.2, -0.15) is 0 Å². The Bertz CT molecular complexity index is 528. The highest BCUT2D eigenvalue weighted by molar-refractivity contribution is 6.07. The fourth-order valence-corrected chi connectivity index (χ4v) is 2.53. The van der Waals surface area contributed by atoms with E-state index < -0.39 is 5.92 Å². The number of ether oxygens (including phenoxy) is 1.